The first-order chi connectivity index (χ1) is 12.6. The van der Waals surface area contributed by atoms with Gasteiger partial charge in [-0.15, -0.1) is 0 Å². The second kappa shape index (κ2) is 8.20. The summed E-state index contributed by atoms with van der Waals surface area (Å²) in [7, 11) is 0. The summed E-state index contributed by atoms with van der Waals surface area (Å²) in [6.07, 6.45) is 1.11. The predicted octanol–water partition coefficient (Wildman–Crippen LogP) is 3.68. The molecule has 0 fully saturated rings. The van der Waals surface area contributed by atoms with Gasteiger partial charge in [0.1, 0.15) is 6.61 Å². The Labute approximate surface area is 150 Å². The maximum absolute atomic E-state index is 13.9. The molecule has 0 saturated carbocycles. The fraction of sp³-hybridized carbons (Fsp3) is 0.150. The van der Waals surface area contributed by atoms with Gasteiger partial charge in [-0.3, -0.25) is 4.79 Å². The van der Waals surface area contributed by atoms with Crippen molar-refractivity contribution in [3.05, 3.63) is 83.3 Å². The third kappa shape index (κ3) is 4.86. The molecule has 2 aromatic carbocycles. The van der Waals surface area contributed by atoms with Gasteiger partial charge in [0.2, 0.25) is 5.91 Å². The van der Waals surface area contributed by atoms with E-state index in [9.17, 15) is 9.18 Å². The Balaban J connectivity index is 1.63. The minimum absolute atomic E-state index is 0.00184. The van der Waals surface area contributed by atoms with Crippen LogP contribution >= 0.6 is 0 Å². The van der Waals surface area contributed by atoms with Crippen LogP contribution in [0, 0.1) is 12.7 Å². The molecule has 132 valence electrons. The summed E-state index contributed by atoms with van der Waals surface area (Å²) in [6.45, 7) is 2.25. The molecule has 0 atom stereocenters. The van der Waals surface area contributed by atoms with Crippen LogP contribution in [0.5, 0.6) is 6.01 Å². The Morgan fingerprint density at radius 1 is 1.08 bits per heavy atom. The van der Waals surface area contributed by atoms with Gasteiger partial charge in [-0.1, -0.05) is 60.2 Å². The van der Waals surface area contributed by atoms with E-state index in [1.165, 1.54) is 0 Å². The van der Waals surface area contributed by atoms with Crippen molar-refractivity contribution in [2.75, 3.05) is 5.32 Å². The molecule has 3 rings (SSSR count). The second-order valence-corrected chi connectivity index (χ2v) is 5.83. The van der Waals surface area contributed by atoms with E-state index in [-0.39, 0.29) is 30.8 Å². The molecule has 0 bridgehead atoms. The van der Waals surface area contributed by atoms with Crippen molar-refractivity contribution in [2.45, 2.75) is 20.0 Å². The zero-order valence-corrected chi connectivity index (χ0v) is 14.3. The number of nitrogens with zero attached hydrogens (tertiary/aromatic N) is 2. The number of benzene rings is 2. The summed E-state index contributed by atoms with van der Waals surface area (Å²) in [5, 5.41) is 2.46. The van der Waals surface area contributed by atoms with Crippen molar-refractivity contribution in [3.63, 3.8) is 0 Å². The Kier molecular flexibility index (Phi) is 5.53. The molecule has 0 aliphatic carbocycles. The van der Waals surface area contributed by atoms with Crippen LogP contribution in [-0.4, -0.2) is 15.9 Å². The number of ether oxygens (including phenoxy) is 1. The number of nitrogens with one attached hydrogen (secondary N) is 1. The highest BCUT2D eigenvalue weighted by atomic mass is 19.1. The van der Waals surface area contributed by atoms with Crippen molar-refractivity contribution >= 4 is 11.7 Å². The molecule has 3 aromatic rings. The van der Waals surface area contributed by atoms with Gasteiger partial charge in [0.25, 0.3) is 0 Å². The maximum Gasteiger partial charge on any atom is 0.318 e. The Hall–Kier alpha value is -3.28. The fourth-order valence-electron chi connectivity index (χ4n) is 2.30. The second-order valence-electron chi connectivity index (χ2n) is 5.83. The molecule has 26 heavy (non-hydrogen) atoms. The first kappa shape index (κ1) is 17.5. The smallest absolute Gasteiger partial charge is 0.318 e. The summed E-state index contributed by atoms with van der Waals surface area (Å²) in [4.78, 5) is 19.8. The van der Waals surface area contributed by atoms with Gasteiger partial charge in [0, 0.05) is 0 Å². The monoisotopic (exact) mass is 351 g/mol. The van der Waals surface area contributed by atoms with Gasteiger partial charge in [-0.25, -0.2) is 9.37 Å². The van der Waals surface area contributed by atoms with Crippen LogP contribution in [0.4, 0.5) is 10.2 Å². The lowest BCUT2D eigenvalue weighted by atomic mass is 10.1. The third-order valence-corrected chi connectivity index (χ3v) is 3.68. The van der Waals surface area contributed by atoms with Gasteiger partial charge >= 0.3 is 6.01 Å². The fourth-order valence-corrected chi connectivity index (χ4v) is 2.30. The summed E-state index contributed by atoms with van der Waals surface area (Å²) >= 11 is 0. The molecule has 1 amide bonds. The third-order valence-electron chi connectivity index (χ3n) is 3.68. The van der Waals surface area contributed by atoms with E-state index in [4.69, 9.17) is 4.74 Å². The largest absolute Gasteiger partial charge is 0.459 e. The van der Waals surface area contributed by atoms with Crippen molar-refractivity contribution in [1.82, 2.24) is 9.97 Å². The molecule has 5 nitrogen and oxygen atoms in total. The minimum atomic E-state index is -0.714. The average molecular weight is 351 g/mol. The molecule has 0 aliphatic heterocycles. The minimum Gasteiger partial charge on any atom is -0.459 e. The number of halogens is 1. The highest BCUT2D eigenvalue weighted by molar-refractivity contribution is 5.91. The number of hydrogen-bond donors (Lipinski definition) is 1. The lowest BCUT2D eigenvalue weighted by molar-refractivity contribution is -0.115. The van der Waals surface area contributed by atoms with E-state index in [0.29, 0.717) is 0 Å². The summed E-state index contributed by atoms with van der Waals surface area (Å²) in [6, 6.07) is 17.0. The first-order valence-corrected chi connectivity index (χ1v) is 8.15. The van der Waals surface area contributed by atoms with Gasteiger partial charge in [-0.05, 0) is 18.1 Å². The highest BCUT2D eigenvalue weighted by Gasteiger charge is 2.12. The number of anilines is 1. The topological polar surface area (TPSA) is 64.1 Å². The van der Waals surface area contributed by atoms with E-state index in [1.54, 1.807) is 0 Å². The average Bonchev–Trinajstić information content (AvgIpc) is 2.64. The van der Waals surface area contributed by atoms with E-state index in [0.717, 1.165) is 22.9 Å². The van der Waals surface area contributed by atoms with Gasteiger partial charge in [0.05, 0.1) is 12.6 Å². The van der Waals surface area contributed by atoms with Gasteiger partial charge in [-0.2, -0.15) is 4.98 Å². The molecule has 0 saturated heterocycles. The standard InChI is InChI=1S/C20H18FN3O2/c1-14-7-9-16(10-8-14)13-26-20-22-12-17(21)19(24-20)23-18(25)11-15-5-3-2-4-6-15/h2-10,12H,11,13H2,1H3,(H,22,23,24,25). The lowest BCUT2D eigenvalue weighted by Crippen LogP contribution is -2.17. The van der Waals surface area contributed by atoms with Crippen LogP contribution in [0.25, 0.3) is 0 Å². The Bertz CT molecular complexity index is 883. The van der Waals surface area contributed by atoms with Crippen LogP contribution < -0.4 is 10.1 Å². The van der Waals surface area contributed by atoms with Crippen molar-refractivity contribution in [3.8, 4) is 6.01 Å². The molecule has 0 radical (unpaired) electrons. The van der Waals surface area contributed by atoms with Crippen LogP contribution in [0.1, 0.15) is 16.7 Å². The van der Waals surface area contributed by atoms with Gasteiger partial charge < -0.3 is 10.1 Å². The quantitative estimate of drug-likeness (QED) is 0.736. The molecule has 0 unspecified atom stereocenters. The Morgan fingerprint density at radius 3 is 2.54 bits per heavy atom. The predicted molar refractivity (Wildman–Crippen MR) is 96.3 cm³/mol. The molecule has 6 heteroatoms. The molecule has 0 spiro atoms. The summed E-state index contributed by atoms with van der Waals surface area (Å²) in [5.41, 5.74) is 2.92. The molecule has 1 N–H and O–H groups in total. The number of aryl methyl sites for hydroxylation is 1. The van der Waals surface area contributed by atoms with E-state index >= 15 is 0 Å². The van der Waals surface area contributed by atoms with Crippen LogP contribution in [0.15, 0.2) is 60.8 Å². The van der Waals surface area contributed by atoms with E-state index in [2.05, 4.69) is 15.3 Å². The number of carbonyl (C=O) groups excluding carboxylic acids is 1. The first-order valence-electron chi connectivity index (χ1n) is 8.15. The highest BCUT2D eigenvalue weighted by Crippen LogP contribution is 2.15. The zero-order valence-electron chi connectivity index (χ0n) is 14.3. The SMILES string of the molecule is Cc1ccc(COc2ncc(F)c(NC(=O)Cc3ccccc3)n2)cc1. The zero-order chi connectivity index (χ0) is 18.4. The number of hydrogen-bond acceptors (Lipinski definition) is 4. The summed E-state index contributed by atoms with van der Waals surface area (Å²) in [5.74, 6) is -1.27. The molecule has 1 aromatic heterocycles. The van der Waals surface area contributed by atoms with Crippen molar-refractivity contribution in [2.24, 2.45) is 0 Å². The molecular formula is C20H18FN3O2. The van der Waals surface area contributed by atoms with Crippen LogP contribution in [0.2, 0.25) is 0 Å². The van der Waals surface area contributed by atoms with Gasteiger partial charge in [0.15, 0.2) is 11.6 Å². The Morgan fingerprint density at radius 2 is 1.81 bits per heavy atom. The van der Waals surface area contributed by atoms with Crippen molar-refractivity contribution < 1.29 is 13.9 Å². The molecule has 1 heterocycles. The number of rotatable bonds is 6. The van der Waals surface area contributed by atoms with E-state index < -0.39 is 5.82 Å². The van der Waals surface area contributed by atoms with Crippen LogP contribution in [-0.2, 0) is 17.8 Å². The van der Waals surface area contributed by atoms with E-state index in [1.807, 2.05) is 61.5 Å². The number of amides is 1. The van der Waals surface area contributed by atoms with Crippen LogP contribution in [0.3, 0.4) is 0 Å². The summed E-state index contributed by atoms with van der Waals surface area (Å²) < 4.78 is 19.4. The number of carbonyl (C=O) groups is 1. The molecule has 0 aliphatic rings. The normalized spacial score (nSPS) is 10.4. The number of aromatic nitrogens is 2. The van der Waals surface area contributed by atoms with Crippen molar-refractivity contribution in [1.29, 1.82) is 0 Å². The lowest BCUT2D eigenvalue weighted by Gasteiger charge is -2.08. The maximum atomic E-state index is 13.9. The molecular weight excluding hydrogens is 333 g/mol.